The van der Waals surface area contributed by atoms with E-state index in [9.17, 15) is 14.7 Å². The van der Waals surface area contributed by atoms with Gasteiger partial charge in [-0.2, -0.15) is 0 Å². The van der Waals surface area contributed by atoms with Crippen molar-refractivity contribution in [3.05, 3.63) is 82.2 Å². The van der Waals surface area contributed by atoms with Gasteiger partial charge in [-0.25, -0.2) is 9.59 Å². The Hall–Kier alpha value is -4.39. The first-order valence-corrected chi connectivity index (χ1v) is 13.5. The van der Waals surface area contributed by atoms with Gasteiger partial charge < -0.3 is 24.6 Å². The molecule has 0 radical (unpaired) electrons. The van der Waals surface area contributed by atoms with E-state index >= 15 is 0 Å². The standard InChI is InChI=1S/C33H36N2O5/c1-8-21-22(9-2)31-29(17-26(21)34)39-28-16-20(35(6)7)12-14-24(28)30(31)23-13-11-19(15-25(23)32(36)37)27(10-3)40-33(38)18(4)5/h11-17,27,34H,4,8-10H2,1-3,5-7H3,(H,36,37). The Morgan fingerprint density at radius 2 is 1.73 bits per heavy atom. The first-order valence-electron chi connectivity index (χ1n) is 13.5. The fourth-order valence-electron chi connectivity index (χ4n) is 5.29. The molecule has 0 amide bonds. The van der Waals surface area contributed by atoms with E-state index in [1.165, 1.54) is 0 Å². The number of benzene rings is 3. The Kier molecular flexibility index (Phi) is 8.14. The van der Waals surface area contributed by atoms with Gasteiger partial charge in [-0.3, -0.25) is 0 Å². The average Bonchev–Trinajstić information content (AvgIpc) is 2.93. The summed E-state index contributed by atoms with van der Waals surface area (Å²) in [6.45, 7) is 11.2. The Balaban J connectivity index is 2.11. The highest BCUT2D eigenvalue weighted by atomic mass is 16.5. The Morgan fingerprint density at radius 3 is 2.30 bits per heavy atom. The highest BCUT2D eigenvalue weighted by Gasteiger charge is 2.27. The zero-order valence-corrected chi connectivity index (χ0v) is 24.0. The number of aromatic carboxylic acids is 1. The molecular weight excluding hydrogens is 504 g/mol. The van der Waals surface area contributed by atoms with E-state index in [4.69, 9.17) is 14.6 Å². The molecule has 7 nitrogen and oxygen atoms in total. The van der Waals surface area contributed by atoms with Crippen molar-refractivity contribution in [1.29, 1.82) is 5.41 Å². The fourth-order valence-corrected chi connectivity index (χ4v) is 5.29. The van der Waals surface area contributed by atoms with Crippen LogP contribution in [0.3, 0.4) is 0 Å². The SMILES string of the molecule is C=C(C)C(=O)OC(CC)c1ccc(-c2c3c(CC)c(CC)c(=N)cc-3oc3cc(N(C)C)ccc23)c(C(=O)O)c1. The van der Waals surface area contributed by atoms with E-state index < -0.39 is 18.0 Å². The van der Waals surface area contributed by atoms with Crippen molar-refractivity contribution in [2.75, 3.05) is 19.0 Å². The molecule has 2 N–H and O–H groups in total. The maximum absolute atomic E-state index is 12.8. The van der Waals surface area contributed by atoms with Gasteiger partial charge in [0.15, 0.2) is 0 Å². The molecule has 0 fully saturated rings. The summed E-state index contributed by atoms with van der Waals surface area (Å²) in [5, 5.41) is 20.3. The molecule has 1 atom stereocenters. The summed E-state index contributed by atoms with van der Waals surface area (Å²) < 4.78 is 12.0. The van der Waals surface area contributed by atoms with Crippen LogP contribution in [0.25, 0.3) is 33.4 Å². The Labute approximate surface area is 234 Å². The molecule has 1 heterocycles. The lowest BCUT2D eigenvalue weighted by atomic mass is 9.84. The summed E-state index contributed by atoms with van der Waals surface area (Å²) in [6, 6.07) is 12.8. The molecular formula is C33H36N2O5. The summed E-state index contributed by atoms with van der Waals surface area (Å²) in [7, 11) is 3.89. The van der Waals surface area contributed by atoms with Crippen LogP contribution in [-0.4, -0.2) is 31.1 Å². The van der Waals surface area contributed by atoms with Gasteiger partial charge >= 0.3 is 11.9 Å². The van der Waals surface area contributed by atoms with Gasteiger partial charge in [-0.05, 0) is 66.6 Å². The number of ether oxygens (including phenoxy) is 1. The van der Waals surface area contributed by atoms with Crippen molar-refractivity contribution in [2.45, 2.75) is 53.1 Å². The highest BCUT2D eigenvalue weighted by Crippen LogP contribution is 2.45. The lowest BCUT2D eigenvalue weighted by Gasteiger charge is -2.23. The largest absolute Gasteiger partial charge is 0.478 e. The number of nitrogens with zero attached hydrogens (tertiary/aromatic N) is 1. The molecule has 0 saturated carbocycles. The van der Waals surface area contributed by atoms with Crippen molar-refractivity contribution < 1.29 is 23.8 Å². The van der Waals surface area contributed by atoms with Crippen molar-refractivity contribution in [3.63, 3.8) is 0 Å². The zero-order valence-electron chi connectivity index (χ0n) is 24.0. The first kappa shape index (κ1) is 28.6. The maximum atomic E-state index is 12.8. The fraction of sp³-hybridized carbons (Fsp3) is 0.303. The molecule has 0 saturated heterocycles. The second-order valence-electron chi connectivity index (χ2n) is 10.2. The van der Waals surface area contributed by atoms with Gasteiger partial charge in [0.05, 0.1) is 10.9 Å². The van der Waals surface area contributed by atoms with Gasteiger partial charge in [0, 0.05) is 54.0 Å². The van der Waals surface area contributed by atoms with Gasteiger partial charge in [0.25, 0.3) is 0 Å². The number of anilines is 1. The normalized spacial score (nSPS) is 11.9. The first-order chi connectivity index (χ1) is 19.0. The number of carboxylic acid groups (broad SMARTS) is 1. The average molecular weight is 541 g/mol. The van der Waals surface area contributed by atoms with E-state index in [-0.39, 0.29) is 11.1 Å². The third-order valence-corrected chi connectivity index (χ3v) is 7.32. The summed E-state index contributed by atoms with van der Waals surface area (Å²) in [4.78, 5) is 27.0. The van der Waals surface area contributed by atoms with Gasteiger partial charge in [0.2, 0.25) is 0 Å². The quantitative estimate of drug-likeness (QED) is 0.133. The molecule has 1 unspecified atom stereocenters. The van der Waals surface area contributed by atoms with Gasteiger partial charge in [-0.15, -0.1) is 0 Å². The number of nitrogens with one attached hydrogen (secondary N) is 1. The Bertz CT molecular complexity index is 1660. The van der Waals surface area contributed by atoms with Crippen LogP contribution in [0.4, 0.5) is 5.69 Å². The van der Waals surface area contributed by atoms with Crippen LogP contribution in [-0.2, 0) is 22.4 Å². The lowest BCUT2D eigenvalue weighted by molar-refractivity contribution is -0.144. The number of rotatable bonds is 9. The zero-order chi connectivity index (χ0) is 29.3. The smallest absolute Gasteiger partial charge is 0.336 e. The maximum Gasteiger partial charge on any atom is 0.336 e. The Morgan fingerprint density at radius 1 is 1.02 bits per heavy atom. The number of hydrogen-bond donors (Lipinski definition) is 2. The van der Waals surface area contributed by atoms with E-state index in [0.29, 0.717) is 47.1 Å². The third-order valence-electron chi connectivity index (χ3n) is 7.32. The predicted molar refractivity (Wildman–Crippen MR) is 158 cm³/mol. The molecule has 0 bridgehead atoms. The second-order valence-corrected chi connectivity index (χ2v) is 10.2. The molecule has 208 valence electrons. The molecule has 2 aromatic carbocycles. The molecule has 1 aliphatic heterocycles. The lowest BCUT2D eigenvalue weighted by Crippen LogP contribution is -2.15. The van der Waals surface area contributed by atoms with E-state index in [2.05, 4.69) is 6.58 Å². The number of fused-ring (bicyclic) bond motifs is 2. The minimum absolute atomic E-state index is 0.0999. The molecule has 0 spiro atoms. The van der Waals surface area contributed by atoms with Crippen molar-refractivity contribution in [2.24, 2.45) is 0 Å². The van der Waals surface area contributed by atoms with Crippen molar-refractivity contribution in [3.8, 4) is 22.5 Å². The summed E-state index contributed by atoms with van der Waals surface area (Å²) in [6.07, 6.45) is 1.20. The molecule has 2 aliphatic rings. The molecule has 40 heavy (non-hydrogen) atoms. The second kappa shape index (κ2) is 11.4. The summed E-state index contributed by atoms with van der Waals surface area (Å²) in [5.74, 6) is -1.06. The van der Waals surface area contributed by atoms with Crippen LogP contribution in [0.15, 0.2) is 59.0 Å². The highest BCUT2D eigenvalue weighted by molar-refractivity contribution is 6.08. The molecule has 4 rings (SSSR count). The van der Waals surface area contributed by atoms with Crippen LogP contribution < -0.4 is 10.3 Å². The summed E-state index contributed by atoms with van der Waals surface area (Å²) in [5.41, 5.74) is 6.52. The number of carbonyl (C=O) groups excluding carboxylic acids is 1. The van der Waals surface area contributed by atoms with Gasteiger partial charge in [0.1, 0.15) is 17.4 Å². The third kappa shape index (κ3) is 5.11. The molecule has 0 aromatic heterocycles. The van der Waals surface area contributed by atoms with E-state index in [1.54, 1.807) is 25.1 Å². The minimum Gasteiger partial charge on any atom is -0.478 e. The van der Waals surface area contributed by atoms with Crippen LogP contribution in [0, 0.1) is 5.41 Å². The molecule has 2 aromatic rings. The monoisotopic (exact) mass is 540 g/mol. The van der Waals surface area contributed by atoms with Gasteiger partial charge in [-0.1, -0.05) is 39.5 Å². The van der Waals surface area contributed by atoms with Crippen LogP contribution in [0.1, 0.15) is 67.3 Å². The predicted octanol–water partition coefficient (Wildman–Crippen LogP) is 7.14. The van der Waals surface area contributed by atoms with Crippen LogP contribution >= 0.6 is 0 Å². The van der Waals surface area contributed by atoms with E-state index in [1.807, 2.05) is 64.0 Å². The molecule has 1 aliphatic carbocycles. The summed E-state index contributed by atoms with van der Waals surface area (Å²) >= 11 is 0. The minimum atomic E-state index is -1.09. The number of hydrogen-bond acceptors (Lipinski definition) is 6. The number of esters is 1. The van der Waals surface area contributed by atoms with Crippen molar-refractivity contribution in [1.82, 2.24) is 0 Å². The number of carboxylic acids is 1. The number of carbonyl (C=O) groups is 2. The van der Waals surface area contributed by atoms with Crippen LogP contribution in [0.5, 0.6) is 0 Å². The van der Waals surface area contributed by atoms with Crippen molar-refractivity contribution >= 4 is 28.6 Å². The van der Waals surface area contributed by atoms with Crippen LogP contribution in [0.2, 0.25) is 0 Å². The topological polar surface area (TPSA) is 104 Å². The molecule has 7 heteroatoms. The van der Waals surface area contributed by atoms with E-state index in [0.717, 1.165) is 33.3 Å².